The van der Waals surface area contributed by atoms with Crippen molar-refractivity contribution in [2.24, 2.45) is 0 Å². The first-order chi connectivity index (χ1) is 13.2. The SMILES string of the molecule is Cc1ccc(-c2nc(CC(=O)N3CCNCC3c3cccnc3)cs2)cc1.Cl.Cl. The van der Waals surface area contributed by atoms with Crippen LogP contribution in [0.25, 0.3) is 10.6 Å². The van der Waals surface area contributed by atoms with Gasteiger partial charge in [0.25, 0.3) is 0 Å². The Kier molecular flexibility index (Phi) is 8.59. The Bertz CT molecular complexity index is 918. The van der Waals surface area contributed by atoms with Gasteiger partial charge in [-0.2, -0.15) is 0 Å². The van der Waals surface area contributed by atoms with Gasteiger partial charge in [0.15, 0.2) is 0 Å². The molecular formula is C21H24Cl2N4OS. The zero-order valence-corrected chi connectivity index (χ0v) is 18.5. The second-order valence-corrected chi connectivity index (χ2v) is 7.64. The number of hydrogen-bond donors (Lipinski definition) is 1. The molecule has 0 aliphatic carbocycles. The van der Waals surface area contributed by atoms with Crippen LogP contribution in [0.4, 0.5) is 0 Å². The number of carbonyl (C=O) groups excluding carboxylic acids is 1. The van der Waals surface area contributed by atoms with Gasteiger partial charge >= 0.3 is 0 Å². The van der Waals surface area contributed by atoms with Crippen LogP contribution in [0.2, 0.25) is 0 Å². The summed E-state index contributed by atoms with van der Waals surface area (Å²) in [5.41, 5.74) is 4.23. The van der Waals surface area contributed by atoms with Crippen molar-refractivity contribution in [1.82, 2.24) is 20.2 Å². The Hall–Kier alpha value is -1.99. The first-order valence-corrected chi connectivity index (χ1v) is 10.0. The lowest BCUT2D eigenvalue weighted by molar-refractivity contribution is -0.133. The van der Waals surface area contributed by atoms with Crippen molar-refractivity contribution in [2.45, 2.75) is 19.4 Å². The number of aromatic nitrogens is 2. The van der Waals surface area contributed by atoms with E-state index in [9.17, 15) is 4.79 Å². The standard InChI is InChI=1S/C21H22N4OS.2ClH/c1-15-4-6-16(7-5-15)21-24-18(14-27-21)11-20(26)25-10-9-23-13-19(25)17-3-2-8-22-12-17;;/h2-8,12,14,19,23H,9-11,13H2,1H3;2*1H. The maximum Gasteiger partial charge on any atom is 0.229 e. The van der Waals surface area contributed by atoms with E-state index in [1.54, 1.807) is 17.5 Å². The summed E-state index contributed by atoms with van der Waals surface area (Å²) in [6, 6.07) is 12.3. The van der Waals surface area contributed by atoms with E-state index in [1.165, 1.54) is 5.56 Å². The van der Waals surface area contributed by atoms with Gasteiger partial charge in [-0.05, 0) is 18.6 Å². The number of pyridine rings is 1. The van der Waals surface area contributed by atoms with Crippen molar-refractivity contribution in [2.75, 3.05) is 19.6 Å². The van der Waals surface area contributed by atoms with Crippen LogP contribution >= 0.6 is 36.2 Å². The highest BCUT2D eigenvalue weighted by molar-refractivity contribution is 7.13. The average Bonchev–Trinajstić information content (AvgIpc) is 3.17. The summed E-state index contributed by atoms with van der Waals surface area (Å²) in [4.78, 5) is 23.8. The van der Waals surface area contributed by atoms with Crippen LogP contribution in [0.15, 0.2) is 54.2 Å². The maximum atomic E-state index is 13.0. The Morgan fingerprint density at radius 3 is 2.76 bits per heavy atom. The molecule has 1 saturated heterocycles. The largest absolute Gasteiger partial charge is 0.333 e. The molecule has 1 atom stereocenters. The Labute approximate surface area is 187 Å². The molecule has 5 nitrogen and oxygen atoms in total. The zero-order chi connectivity index (χ0) is 18.6. The topological polar surface area (TPSA) is 58.1 Å². The highest BCUT2D eigenvalue weighted by atomic mass is 35.5. The molecule has 0 spiro atoms. The number of rotatable bonds is 4. The molecule has 2 aromatic heterocycles. The molecule has 1 amide bonds. The third-order valence-electron chi connectivity index (χ3n) is 4.82. The summed E-state index contributed by atoms with van der Waals surface area (Å²) in [5, 5.41) is 6.33. The normalized spacial score (nSPS) is 15.9. The van der Waals surface area contributed by atoms with E-state index < -0.39 is 0 Å². The summed E-state index contributed by atoms with van der Waals surface area (Å²) in [7, 11) is 0. The number of halogens is 2. The quantitative estimate of drug-likeness (QED) is 0.650. The van der Waals surface area contributed by atoms with Crippen molar-refractivity contribution in [3.05, 3.63) is 71.0 Å². The number of thiazole rings is 1. The van der Waals surface area contributed by atoms with Gasteiger partial charge in [0, 0.05) is 43.0 Å². The Morgan fingerprint density at radius 2 is 2.03 bits per heavy atom. The second-order valence-electron chi connectivity index (χ2n) is 6.78. The molecule has 1 N–H and O–H groups in total. The van der Waals surface area contributed by atoms with E-state index in [0.29, 0.717) is 13.0 Å². The minimum Gasteiger partial charge on any atom is -0.333 e. The third kappa shape index (κ3) is 5.54. The summed E-state index contributed by atoms with van der Waals surface area (Å²) in [5.74, 6) is 0.117. The fraction of sp³-hybridized carbons (Fsp3) is 0.286. The van der Waals surface area contributed by atoms with E-state index in [0.717, 1.165) is 34.9 Å². The van der Waals surface area contributed by atoms with E-state index in [4.69, 9.17) is 0 Å². The highest BCUT2D eigenvalue weighted by Gasteiger charge is 2.28. The Morgan fingerprint density at radius 1 is 1.24 bits per heavy atom. The van der Waals surface area contributed by atoms with Crippen molar-refractivity contribution in [1.29, 1.82) is 0 Å². The number of carbonyl (C=O) groups is 1. The van der Waals surface area contributed by atoms with Crippen LogP contribution in [-0.4, -0.2) is 40.4 Å². The Balaban J connectivity index is 0.00000150. The second kappa shape index (κ2) is 10.7. The molecule has 1 fully saturated rings. The van der Waals surface area contributed by atoms with Gasteiger partial charge in [-0.1, -0.05) is 35.9 Å². The molecule has 0 bridgehead atoms. The van der Waals surface area contributed by atoms with E-state index in [-0.39, 0.29) is 36.8 Å². The van der Waals surface area contributed by atoms with Crippen LogP contribution in [-0.2, 0) is 11.2 Å². The molecular weight excluding hydrogens is 427 g/mol. The van der Waals surface area contributed by atoms with E-state index >= 15 is 0 Å². The molecule has 1 aliphatic heterocycles. The van der Waals surface area contributed by atoms with E-state index in [1.807, 2.05) is 28.6 Å². The van der Waals surface area contributed by atoms with Gasteiger partial charge < -0.3 is 10.2 Å². The van der Waals surface area contributed by atoms with Crippen molar-refractivity contribution in [3.8, 4) is 10.6 Å². The lowest BCUT2D eigenvalue weighted by atomic mass is 10.0. The lowest BCUT2D eigenvalue weighted by Crippen LogP contribution is -2.49. The number of nitrogens with one attached hydrogen (secondary N) is 1. The molecule has 4 rings (SSSR count). The van der Waals surface area contributed by atoms with Crippen molar-refractivity contribution in [3.63, 3.8) is 0 Å². The number of amides is 1. The first kappa shape index (κ1) is 23.3. The van der Waals surface area contributed by atoms with Crippen LogP contribution < -0.4 is 5.32 Å². The fourth-order valence-electron chi connectivity index (χ4n) is 3.35. The molecule has 0 radical (unpaired) electrons. The monoisotopic (exact) mass is 450 g/mol. The highest BCUT2D eigenvalue weighted by Crippen LogP contribution is 2.26. The molecule has 3 heterocycles. The zero-order valence-electron chi connectivity index (χ0n) is 16.1. The number of hydrogen-bond acceptors (Lipinski definition) is 5. The lowest BCUT2D eigenvalue weighted by Gasteiger charge is -2.36. The van der Waals surface area contributed by atoms with Gasteiger partial charge in [0.2, 0.25) is 5.91 Å². The molecule has 0 saturated carbocycles. The maximum absolute atomic E-state index is 13.0. The first-order valence-electron chi connectivity index (χ1n) is 9.12. The molecule has 1 unspecified atom stereocenters. The van der Waals surface area contributed by atoms with Gasteiger partial charge in [-0.3, -0.25) is 9.78 Å². The smallest absolute Gasteiger partial charge is 0.229 e. The summed E-state index contributed by atoms with van der Waals surface area (Å²) < 4.78 is 0. The number of piperazine rings is 1. The van der Waals surface area contributed by atoms with Crippen molar-refractivity contribution >= 4 is 42.1 Å². The van der Waals surface area contributed by atoms with Gasteiger partial charge in [0.05, 0.1) is 18.2 Å². The fourth-order valence-corrected chi connectivity index (χ4v) is 4.17. The van der Waals surface area contributed by atoms with Gasteiger partial charge in [-0.15, -0.1) is 36.2 Å². The number of benzene rings is 1. The van der Waals surface area contributed by atoms with Crippen molar-refractivity contribution < 1.29 is 4.79 Å². The molecule has 3 aromatic rings. The van der Waals surface area contributed by atoms with Crippen LogP contribution in [0.5, 0.6) is 0 Å². The molecule has 1 aromatic carbocycles. The minimum atomic E-state index is 0. The van der Waals surface area contributed by atoms with Gasteiger partial charge in [-0.25, -0.2) is 4.98 Å². The molecule has 29 heavy (non-hydrogen) atoms. The predicted octanol–water partition coefficient (Wildman–Crippen LogP) is 4.07. The van der Waals surface area contributed by atoms with Crippen LogP contribution in [0.1, 0.15) is 22.9 Å². The minimum absolute atomic E-state index is 0. The summed E-state index contributed by atoms with van der Waals surface area (Å²) in [6.07, 6.45) is 3.93. The summed E-state index contributed by atoms with van der Waals surface area (Å²) in [6.45, 7) is 4.34. The van der Waals surface area contributed by atoms with Crippen LogP contribution in [0.3, 0.4) is 0 Å². The number of nitrogens with zero attached hydrogens (tertiary/aromatic N) is 3. The average molecular weight is 451 g/mol. The van der Waals surface area contributed by atoms with Gasteiger partial charge in [0.1, 0.15) is 5.01 Å². The molecule has 8 heteroatoms. The summed E-state index contributed by atoms with van der Waals surface area (Å²) >= 11 is 1.59. The molecule has 154 valence electrons. The third-order valence-corrected chi connectivity index (χ3v) is 5.76. The van der Waals surface area contributed by atoms with E-state index in [2.05, 4.69) is 46.5 Å². The van der Waals surface area contributed by atoms with Crippen LogP contribution in [0, 0.1) is 6.92 Å². The predicted molar refractivity (Wildman–Crippen MR) is 122 cm³/mol. The molecule has 1 aliphatic rings. The number of aryl methyl sites for hydroxylation is 1.